The van der Waals surface area contributed by atoms with Gasteiger partial charge in [0.25, 0.3) is 11.8 Å². The number of piperidine rings is 1. The third-order valence-electron chi connectivity index (χ3n) is 5.02. The normalized spacial score (nSPS) is 15.3. The third kappa shape index (κ3) is 5.39. The first-order valence-electron chi connectivity index (χ1n) is 9.24. The van der Waals surface area contributed by atoms with Gasteiger partial charge in [0.2, 0.25) is 0 Å². The average Bonchev–Trinajstić information content (AvgIpc) is 2.73. The van der Waals surface area contributed by atoms with Crippen molar-refractivity contribution in [1.82, 2.24) is 15.7 Å². The molecule has 1 saturated heterocycles. The van der Waals surface area contributed by atoms with Crippen LogP contribution in [-0.4, -0.2) is 41.6 Å². The topological polar surface area (TPSA) is 81.7 Å². The molecule has 0 aromatic heterocycles. The monoisotopic (exact) mass is 367 g/mol. The lowest BCUT2D eigenvalue weighted by atomic mass is 9.96. The molecule has 0 atom stereocenters. The molecule has 1 fully saturated rings. The van der Waals surface area contributed by atoms with Gasteiger partial charge < -0.3 is 5.32 Å². The summed E-state index contributed by atoms with van der Waals surface area (Å²) in [4.78, 5) is 26.0. The Balaban J connectivity index is 1.42. The Labute approximate surface area is 159 Å². The van der Waals surface area contributed by atoms with Crippen LogP contribution in [0.1, 0.15) is 39.1 Å². The highest BCUT2D eigenvalue weighted by Crippen LogP contribution is 2.18. The van der Waals surface area contributed by atoms with Gasteiger partial charge >= 0.3 is 0 Å². The van der Waals surface area contributed by atoms with Gasteiger partial charge in [-0.2, -0.15) is 0 Å². The van der Waals surface area contributed by atoms with Crippen LogP contribution in [0.5, 0.6) is 0 Å². The van der Waals surface area contributed by atoms with E-state index in [1.807, 2.05) is 6.07 Å². The molecular weight excluding hydrogens is 342 g/mol. The van der Waals surface area contributed by atoms with Gasteiger partial charge in [-0.15, -0.1) is 0 Å². The quantitative estimate of drug-likeness (QED) is 0.541. The number of hydrogen-bond acceptors (Lipinski definition) is 4. The van der Waals surface area contributed by atoms with E-state index in [-0.39, 0.29) is 5.91 Å². The number of benzene rings is 2. The second-order valence-electron chi connectivity index (χ2n) is 6.93. The number of nitrogens with zero attached hydrogens (tertiary/aromatic N) is 1. The van der Waals surface area contributed by atoms with Gasteiger partial charge in [0, 0.05) is 24.2 Å². The van der Waals surface area contributed by atoms with Crippen molar-refractivity contribution in [3.05, 3.63) is 71.3 Å². The second kappa shape index (κ2) is 9.30. The summed E-state index contributed by atoms with van der Waals surface area (Å²) in [7, 11) is 0. The molecule has 27 heavy (non-hydrogen) atoms. The summed E-state index contributed by atoms with van der Waals surface area (Å²) in [5, 5.41) is 11.6. The molecule has 3 rings (SSSR count). The van der Waals surface area contributed by atoms with Crippen molar-refractivity contribution in [2.75, 3.05) is 19.6 Å². The van der Waals surface area contributed by atoms with E-state index in [9.17, 15) is 9.59 Å². The van der Waals surface area contributed by atoms with Crippen molar-refractivity contribution < 1.29 is 14.8 Å². The lowest BCUT2D eigenvalue weighted by molar-refractivity contribution is 0.0706. The number of hydroxylamine groups is 1. The summed E-state index contributed by atoms with van der Waals surface area (Å²) in [5.41, 5.74) is 3.72. The van der Waals surface area contributed by atoms with Gasteiger partial charge in [-0.3, -0.25) is 19.7 Å². The van der Waals surface area contributed by atoms with E-state index in [1.54, 1.807) is 17.6 Å². The predicted octanol–water partition coefficient (Wildman–Crippen LogP) is 2.45. The first-order chi connectivity index (χ1) is 13.2. The van der Waals surface area contributed by atoms with Crippen LogP contribution in [0, 0.1) is 5.92 Å². The molecule has 3 N–H and O–H groups in total. The van der Waals surface area contributed by atoms with Gasteiger partial charge in [-0.1, -0.05) is 30.3 Å². The molecule has 2 aromatic rings. The molecule has 6 heteroatoms. The highest BCUT2D eigenvalue weighted by molar-refractivity contribution is 5.97. The number of likely N-dealkylation sites (tertiary alicyclic amines) is 1. The Bertz CT molecular complexity index is 754. The van der Waals surface area contributed by atoms with Crippen LogP contribution in [0.2, 0.25) is 0 Å². The highest BCUT2D eigenvalue weighted by Gasteiger charge is 2.20. The molecule has 0 aliphatic carbocycles. The fraction of sp³-hybridized carbons (Fsp3) is 0.333. The Morgan fingerprint density at radius 2 is 1.52 bits per heavy atom. The minimum atomic E-state index is -0.593. The van der Waals surface area contributed by atoms with Crippen LogP contribution in [0.4, 0.5) is 0 Å². The van der Waals surface area contributed by atoms with Crippen molar-refractivity contribution in [2.24, 2.45) is 5.92 Å². The van der Waals surface area contributed by atoms with Crippen molar-refractivity contribution in [2.45, 2.75) is 19.4 Å². The molecule has 1 aliphatic heterocycles. The molecule has 0 bridgehead atoms. The molecule has 142 valence electrons. The molecule has 0 radical (unpaired) electrons. The summed E-state index contributed by atoms with van der Waals surface area (Å²) < 4.78 is 0. The van der Waals surface area contributed by atoms with E-state index < -0.39 is 5.91 Å². The van der Waals surface area contributed by atoms with Crippen LogP contribution in [0.15, 0.2) is 54.6 Å². The van der Waals surface area contributed by atoms with Crippen LogP contribution >= 0.6 is 0 Å². The van der Waals surface area contributed by atoms with E-state index in [2.05, 4.69) is 34.5 Å². The maximum absolute atomic E-state index is 12.3. The molecule has 0 saturated carbocycles. The van der Waals surface area contributed by atoms with Crippen LogP contribution in [0.3, 0.4) is 0 Å². The highest BCUT2D eigenvalue weighted by atomic mass is 16.5. The van der Waals surface area contributed by atoms with Crippen molar-refractivity contribution in [1.29, 1.82) is 0 Å². The molecule has 2 aromatic carbocycles. The maximum atomic E-state index is 12.3. The number of carbonyl (C=O) groups excluding carboxylic acids is 2. The molecule has 0 spiro atoms. The second-order valence-corrected chi connectivity index (χ2v) is 6.93. The molecule has 6 nitrogen and oxygen atoms in total. The standard InChI is InChI=1S/C21H25N3O3/c25-20(18-6-8-19(9-7-18)21(26)23-27)22-14-16-10-12-24(13-11-16)15-17-4-2-1-3-5-17/h1-9,16,27H,10-15H2,(H,22,25)(H,23,26). The van der Waals surface area contributed by atoms with Gasteiger partial charge in [-0.25, -0.2) is 5.48 Å². The smallest absolute Gasteiger partial charge is 0.274 e. The summed E-state index contributed by atoms with van der Waals surface area (Å²) >= 11 is 0. The first kappa shape index (κ1) is 19.1. The lowest BCUT2D eigenvalue weighted by Gasteiger charge is -2.32. The number of hydrogen-bond donors (Lipinski definition) is 3. The van der Waals surface area contributed by atoms with Gasteiger partial charge in [0.05, 0.1) is 0 Å². The largest absolute Gasteiger partial charge is 0.352 e. The Morgan fingerprint density at radius 1 is 0.926 bits per heavy atom. The maximum Gasteiger partial charge on any atom is 0.274 e. The number of rotatable bonds is 6. The fourth-order valence-electron chi connectivity index (χ4n) is 3.37. The van der Waals surface area contributed by atoms with E-state index >= 15 is 0 Å². The zero-order chi connectivity index (χ0) is 19.1. The molecule has 0 unspecified atom stereocenters. The minimum absolute atomic E-state index is 0.141. The summed E-state index contributed by atoms with van der Waals surface area (Å²) in [5.74, 6) is -0.248. The molecule has 1 aliphatic rings. The van der Waals surface area contributed by atoms with Crippen molar-refractivity contribution in [3.8, 4) is 0 Å². The van der Waals surface area contributed by atoms with Crippen LogP contribution in [0.25, 0.3) is 0 Å². The zero-order valence-corrected chi connectivity index (χ0v) is 15.2. The number of nitrogens with one attached hydrogen (secondary N) is 2. The first-order valence-corrected chi connectivity index (χ1v) is 9.24. The van der Waals surface area contributed by atoms with Crippen LogP contribution < -0.4 is 10.8 Å². The lowest BCUT2D eigenvalue weighted by Crippen LogP contribution is -2.38. The fourth-order valence-corrected chi connectivity index (χ4v) is 3.37. The molecule has 1 heterocycles. The predicted molar refractivity (Wildman–Crippen MR) is 102 cm³/mol. The van der Waals surface area contributed by atoms with E-state index in [4.69, 9.17) is 5.21 Å². The Hall–Kier alpha value is -2.70. The van der Waals surface area contributed by atoms with Gasteiger partial charge in [0.15, 0.2) is 0 Å². The van der Waals surface area contributed by atoms with Gasteiger partial charge in [0.1, 0.15) is 0 Å². The van der Waals surface area contributed by atoms with E-state index in [1.165, 1.54) is 17.7 Å². The van der Waals surface area contributed by atoms with Crippen molar-refractivity contribution >= 4 is 11.8 Å². The Morgan fingerprint density at radius 3 is 2.11 bits per heavy atom. The van der Waals surface area contributed by atoms with Crippen LogP contribution in [-0.2, 0) is 6.54 Å². The minimum Gasteiger partial charge on any atom is -0.352 e. The third-order valence-corrected chi connectivity index (χ3v) is 5.02. The van der Waals surface area contributed by atoms with Crippen molar-refractivity contribution in [3.63, 3.8) is 0 Å². The molecular formula is C21H25N3O3. The average molecular weight is 367 g/mol. The Kier molecular flexibility index (Phi) is 6.57. The SMILES string of the molecule is O=C(NO)c1ccc(C(=O)NCC2CCN(Cc3ccccc3)CC2)cc1. The van der Waals surface area contributed by atoms with E-state index in [0.29, 0.717) is 23.6 Å². The zero-order valence-electron chi connectivity index (χ0n) is 15.2. The summed E-state index contributed by atoms with van der Waals surface area (Å²) in [6.45, 7) is 3.73. The number of amides is 2. The summed E-state index contributed by atoms with van der Waals surface area (Å²) in [6.07, 6.45) is 2.14. The summed E-state index contributed by atoms with van der Waals surface area (Å²) in [6, 6.07) is 16.7. The van der Waals surface area contributed by atoms with Gasteiger partial charge in [-0.05, 0) is 61.7 Å². The molecule has 2 amide bonds. The number of carbonyl (C=O) groups is 2. The van der Waals surface area contributed by atoms with E-state index in [0.717, 1.165) is 32.5 Å².